The van der Waals surface area contributed by atoms with Gasteiger partial charge in [0.05, 0.1) is 0 Å². The first kappa shape index (κ1) is 10.2. The average Bonchev–Trinajstić information content (AvgIpc) is 2.29. The highest BCUT2D eigenvalue weighted by Gasteiger charge is 2.00. The van der Waals surface area contributed by atoms with Crippen LogP contribution in [0.3, 0.4) is 0 Å². The summed E-state index contributed by atoms with van der Waals surface area (Å²) < 4.78 is 6.35. The SMILES string of the molecule is Brc1ncccc1OCc1ccccc1. The Morgan fingerprint density at radius 1 is 1.07 bits per heavy atom. The third-order valence-electron chi connectivity index (χ3n) is 1.96. The van der Waals surface area contributed by atoms with Gasteiger partial charge in [-0.3, -0.25) is 0 Å². The topological polar surface area (TPSA) is 22.1 Å². The summed E-state index contributed by atoms with van der Waals surface area (Å²) in [5.74, 6) is 0.765. The molecule has 2 rings (SSSR count). The lowest BCUT2D eigenvalue weighted by Gasteiger charge is -2.06. The first-order valence-electron chi connectivity index (χ1n) is 4.63. The van der Waals surface area contributed by atoms with Crippen LogP contribution < -0.4 is 4.74 Å². The number of rotatable bonds is 3. The first-order valence-corrected chi connectivity index (χ1v) is 5.43. The number of ether oxygens (including phenoxy) is 1. The molecule has 0 radical (unpaired) electrons. The normalized spacial score (nSPS) is 9.93. The van der Waals surface area contributed by atoms with Crippen molar-refractivity contribution in [3.8, 4) is 5.75 Å². The van der Waals surface area contributed by atoms with Gasteiger partial charge >= 0.3 is 0 Å². The van der Waals surface area contributed by atoms with Crippen LogP contribution in [-0.2, 0) is 6.61 Å². The summed E-state index contributed by atoms with van der Waals surface area (Å²) >= 11 is 3.33. The van der Waals surface area contributed by atoms with Gasteiger partial charge < -0.3 is 4.74 Å². The standard InChI is InChI=1S/C12H10BrNO/c13-12-11(7-4-8-14-12)15-9-10-5-2-1-3-6-10/h1-8H,9H2. The molecule has 0 atom stereocenters. The maximum Gasteiger partial charge on any atom is 0.152 e. The largest absolute Gasteiger partial charge is 0.486 e. The Kier molecular flexibility index (Phi) is 3.35. The molecule has 1 heterocycles. The molecule has 76 valence electrons. The molecule has 0 aliphatic heterocycles. The zero-order chi connectivity index (χ0) is 10.5. The third kappa shape index (κ3) is 2.80. The number of benzene rings is 1. The second kappa shape index (κ2) is 4.94. The van der Waals surface area contributed by atoms with Gasteiger partial charge in [-0.1, -0.05) is 30.3 Å². The van der Waals surface area contributed by atoms with Crippen molar-refractivity contribution < 1.29 is 4.74 Å². The minimum atomic E-state index is 0.561. The second-order valence-electron chi connectivity index (χ2n) is 3.07. The number of nitrogens with zero attached hydrogens (tertiary/aromatic N) is 1. The molecule has 0 aliphatic rings. The molecule has 2 aromatic rings. The van der Waals surface area contributed by atoms with E-state index in [2.05, 4.69) is 20.9 Å². The van der Waals surface area contributed by atoms with E-state index >= 15 is 0 Å². The molecular weight excluding hydrogens is 254 g/mol. The molecule has 0 saturated carbocycles. The Morgan fingerprint density at radius 2 is 1.87 bits per heavy atom. The lowest BCUT2D eigenvalue weighted by Crippen LogP contribution is -1.96. The van der Waals surface area contributed by atoms with Gasteiger partial charge in [0, 0.05) is 6.20 Å². The van der Waals surface area contributed by atoms with E-state index < -0.39 is 0 Å². The molecule has 0 bridgehead atoms. The van der Waals surface area contributed by atoms with Gasteiger partial charge in [0.1, 0.15) is 11.2 Å². The van der Waals surface area contributed by atoms with Crippen molar-refractivity contribution in [3.05, 3.63) is 58.8 Å². The number of aromatic nitrogens is 1. The van der Waals surface area contributed by atoms with Crippen molar-refractivity contribution in [1.82, 2.24) is 4.98 Å². The quantitative estimate of drug-likeness (QED) is 0.792. The zero-order valence-electron chi connectivity index (χ0n) is 8.06. The maximum atomic E-state index is 5.61. The minimum Gasteiger partial charge on any atom is -0.486 e. The highest BCUT2D eigenvalue weighted by molar-refractivity contribution is 9.10. The van der Waals surface area contributed by atoms with Crippen molar-refractivity contribution in [1.29, 1.82) is 0 Å². The molecule has 0 spiro atoms. The van der Waals surface area contributed by atoms with E-state index in [-0.39, 0.29) is 0 Å². The molecule has 1 aromatic heterocycles. The summed E-state index contributed by atoms with van der Waals surface area (Å²) in [6.07, 6.45) is 1.72. The molecular formula is C12H10BrNO. The van der Waals surface area contributed by atoms with Crippen molar-refractivity contribution in [2.45, 2.75) is 6.61 Å². The zero-order valence-corrected chi connectivity index (χ0v) is 9.65. The Bertz CT molecular complexity index is 431. The average molecular weight is 264 g/mol. The van der Waals surface area contributed by atoms with E-state index in [0.29, 0.717) is 6.61 Å². The van der Waals surface area contributed by atoms with Crippen molar-refractivity contribution in [2.24, 2.45) is 0 Å². The highest BCUT2D eigenvalue weighted by atomic mass is 79.9. The van der Waals surface area contributed by atoms with E-state index in [1.807, 2.05) is 42.5 Å². The smallest absolute Gasteiger partial charge is 0.152 e. The van der Waals surface area contributed by atoms with Crippen LogP contribution >= 0.6 is 15.9 Å². The van der Waals surface area contributed by atoms with Gasteiger partial charge in [0.15, 0.2) is 5.75 Å². The number of hydrogen-bond acceptors (Lipinski definition) is 2. The predicted octanol–water partition coefficient (Wildman–Crippen LogP) is 3.42. The van der Waals surface area contributed by atoms with E-state index in [0.717, 1.165) is 15.9 Å². The van der Waals surface area contributed by atoms with E-state index in [9.17, 15) is 0 Å². The summed E-state index contributed by atoms with van der Waals surface area (Å²) in [5, 5.41) is 0. The molecule has 0 aliphatic carbocycles. The molecule has 0 amide bonds. The van der Waals surface area contributed by atoms with Crippen LogP contribution in [0.2, 0.25) is 0 Å². The summed E-state index contributed by atoms with van der Waals surface area (Å²) in [6.45, 7) is 0.561. The van der Waals surface area contributed by atoms with Gasteiger partial charge in [-0.25, -0.2) is 4.98 Å². The number of hydrogen-bond donors (Lipinski definition) is 0. The van der Waals surface area contributed by atoms with Crippen molar-refractivity contribution >= 4 is 15.9 Å². The molecule has 0 fully saturated rings. The highest BCUT2D eigenvalue weighted by Crippen LogP contribution is 2.21. The number of halogens is 1. The van der Waals surface area contributed by atoms with E-state index in [1.54, 1.807) is 6.20 Å². The van der Waals surface area contributed by atoms with E-state index in [1.165, 1.54) is 0 Å². The molecule has 15 heavy (non-hydrogen) atoms. The summed E-state index contributed by atoms with van der Waals surface area (Å²) in [4.78, 5) is 4.08. The van der Waals surface area contributed by atoms with Gasteiger partial charge in [0.2, 0.25) is 0 Å². The molecule has 0 unspecified atom stereocenters. The predicted molar refractivity (Wildman–Crippen MR) is 62.7 cm³/mol. The van der Waals surface area contributed by atoms with E-state index in [4.69, 9.17) is 4.74 Å². The monoisotopic (exact) mass is 263 g/mol. The second-order valence-corrected chi connectivity index (χ2v) is 3.82. The minimum absolute atomic E-state index is 0.561. The van der Waals surface area contributed by atoms with Crippen molar-refractivity contribution in [2.75, 3.05) is 0 Å². The first-order chi connectivity index (χ1) is 7.36. The molecule has 0 saturated heterocycles. The van der Waals surface area contributed by atoms with Crippen LogP contribution in [0.25, 0.3) is 0 Å². The molecule has 2 nitrogen and oxygen atoms in total. The van der Waals surface area contributed by atoms with Crippen LogP contribution in [-0.4, -0.2) is 4.98 Å². The van der Waals surface area contributed by atoms with Crippen LogP contribution in [0.4, 0.5) is 0 Å². The fourth-order valence-electron chi connectivity index (χ4n) is 1.21. The summed E-state index contributed by atoms with van der Waals surface area (Å²) in [7, 11) is 0. The van der Waals surface area contributed by atoms with Gasteiger partial charge in [-0.2, -0.15) is 0 Å². The lowest BCUT2D eigenvalue weighted by molar-refractivity contribution is 0.302. The lowest BCUT2D eigenvalue weighted by atomic mass is 10.2. The maximum absolute atomic E-state index is 5.61. The van der Waals surface area contributed by atoms with Gasteiger partial charge in [-0.05, 0) is 33.6 Å². The number of pyridine rings is 1. The fourth-order valence-corrected chi connectivity index (χ4v) is 1.58. The van der Waals surface area contributed by atoms with Crippen LogP contribution in [0.15, 0.2) is 53.3 Å². The van der Waals surface area contributed by atoms with Crippen LogP contribution in [0.1, 0.15) is 5.56 Å². The molecule has 0 N–H and O–H groups in total. The van der Waals surface area contributed by atoms with Gasteiger partial charge in [-0.15, -0.1) is 0 Å². The van der Waals surface area contributed by atoms with Gasteiger partial charge in [0.25, 0.3) is 0 Å². The van der Waals surface area contributed by atoms with Crippen LogP contribution in [0.5, 0.6) is 5.75 Å². The fraction of sp³-hybridized carbons (Fsp3) is 0.0833. The Hall–Kier alpha value is -1.35. The summed E-state index contributed by atoms with van der Waals surface area (Å²) in [6, 6.07) is 13.8. The van der Waals surface area contributed by atoms with Crippen LogP contribution in [0, 0.1) is 0 Å². The Labute approximate surface area is 97.1 Å². The summed E-state index contributed by atoms with van der Waals surface area (Å²) in [5.41, 5.74) is 1.15. The molecule has 1 aromatic carbocycles. The Morgan fingerprint density at radius 3 is 2.60 bits per heavy atom. The Balaban J connectivity index is 2.03. The van der Waals surface area contributed by atoms with Crippen molar-refractivity contribution in [3.63, 3.8) is 0 Å². The third-order valence-corrected chi connectivity index (χ3v) is 2.56. The molecule has 3 heteroatoms.